The van der Waals surface area contributed by atoms with Gasteiger partial charge in [-0.1, -0.05) is 19.3 Å². The first kappa shape index (κ1) is 14.6. The van der Waals surface area contributed by atoms with Crippen LogP contribution in [0.3, 0.4) is 0 Å². The molecule has 0 unspecified atom stereocenters. The first-order valence-corrected chi connectivity index (χ1v) is 7.31. The van der Waals surface area contributed by atoms with Crippen LogP contribution in [-0.4, -0.2) is 39.0 Å². The first-order valence-electron chi connectivity index (χ1n) is 7.31. The molecule has 5 nitrogen and oxygen atoms in total. The Kier molecular flexibility index (Phi) is 4.82. The van der Waals surface area contributed by atoms with Gasteiger partial charge in [0.15, 0.2) is 0 Å². The van der Waals surface area contributed by atoms with Crippen molar-refractivity contribution in [3.8, 4) is 0 Å². The number of hydrogen-bond acceptors (Lipinski definition) is 2. The molecule has 1 fully saturated rings. The van der Waals surface area contributed by atoms with E-state index in [1.165, 1.54) is 23.8 Å². The number of carboxylic acids is 1. The van der Waals surface area contributed by atoms with E-state index in [0.29, 0.717) is 18.3 Å². The summed E-state index contributed by atoms with van der Waals surface area (Å²) < 4.78 is 1.51. The van der Waals surface area contributed by atoms with E-state index in [9.17, 15) is 9.59 Å². The highest BCUT2D eigenvalue weighted by molar-refractivity contribution is 5.93. The Balaban J connectivity index is 2.15. The van der Waals surface area contributed by atoms with Crippen molar-refractivity contribution in [2.75, 3.05) is 6.54 Å². The molecule has 1 amide bonds. The fourth-order valence-electron chi connectivity index (χ4n) is 3.00. The van der Waals surface area contributed by atoms with Crippen molar-refractivity contribution in [3.63, 3.8) is 0 Å². The van der Waals surface area contributed by atoms with Crippen molar-refractivity contribution in [1.29, 1.82) is 0 Å². The van der Waals surface area contributed by atoms with Crippen LogP contribution in [0, 0.1) is 0 Å². The van der Waals surface area contributed by atoms with Gasteiger partial charge in [-0.3, -0.25) is 9.59 Å². The van der Waals surface area contributed by atoms with Gasteiger partial charge in [-0.25, -0.2) is 0 Å². The second kappa shape index (κ2) is 6.59. The molecule has 0 radical (unpaired) electrons. The van der Waals surface area contributed by atoms with Gasteiger partial charge < -0.3 is 14.6 Å². The van der Waals surface area contributed by atoms with Crippen LogP contribution in [0.4, 0.5) is 0 Å². The molecule has 1 saturated carbocycles. The zero-order valence-electron chi connectivity index (χ0n) is 11.9. The van der Waals surface area contributed by atoms with E-state index in [1.807, 2.05) is 11.8 Å². The summed E-state index contributed by atoms with van der Waals surface area (Å²) in [5.74, 6) is -0.985. The second-order valence-corrected chi connectivity index (χ2v) is 5.30. The van der Waals surface area contributed by atoms with Crippen LogP contribution in [0.15, 0.2) is 18.3 Å². The first-order chi connectivity index (χ1) is 9.63. The minimum atomic E-state index is -0.934. The lowest BCUT2D eigenvalue weighted by molar-refractivity contribution is -0.137. The van der Waals surface area contributed by atoms with Crippen molar-refractivity contribution in [1.82, 2.24) is 9.47 Å². The standard InChI is InChI=1S/C15H22N2O3/c1-2-17(12-7-4-3-5-8-12)15(20)13-9-6-10-16(13)11-14(18)19/h6,9-10,12H,2-5,7-8,11H2,1H3,(H,18,19). The SMILES string of the molecule is CCN(C(=O)c1cccn1CC(=O)O)C1CCCCC1. The molecule has 1 N–H and O–H groups in total. The van der Waals surface area contributed by atoms with Crippen LogP contribution in [0.1, 0.15) is 49.5 Å². The third kappa shape index (κ3) is 3.21. The Hall–Kier alpha value is -1.78. The second-order valence-electron chi connectivity index (χ2n) is 5.30. The number of nitrogens with zero attached hydrogens (tertiary/aromatic N) is 2. The summed E-state index contributed by atoms with van der Waals surface area (Å²) in [5.41, 5.74) is 0.472. The maximum Gasteiger partial charge on any atom is 0.323 e. The number of carbonyl (C=O) groups is 2. The number of amides is 1. The van der Waals surface area contributed by atoms with Crippen molar-refractivity contribution in [3.05, 3.63) is 24.0 Å². The van der Waals surface area contributed by atoms with Crippen molar-refractivity contribution in [2.45, 2.75) is 51.6 Å². The Morgan fingerprint density at radius 1 is 1.35 bits per heavy atom. The van der Waals surface area contributed by atoms with Crippen LogP contribution < -0.4 is 0 Å². The maximum absolute atomic E-state index is 12.7. The molecule has 0 spiro atoms. The van der Waals surface area contributed by atoms with Crippen molar-refractivity contribution < 1.29 is 14.7 Å². The van der Waals surface area contributed by atoms with Gasteiger partial charge in [0.2, 0.25) is 0 Å². The van der Waals surface area contributed by atoms with Gasteiger partial charge in [-0.15, -0.1) is 0 Å². The molecule has 1 aromatic rings. The zero-order chi connectivity index (χ0) is 14.5. The predicted octanol–water partition coefficient (Wildman–Crippen LogP) is 2.37. The Morgan fingerprint density at radius 3 is 2.65 bits per heavy atom. The number of aromatic nitrogens is 1. The summed E-state index contributed by atoms with van der Waals surface area (Å²) in [6.07, 6.45) is 7.35. The molecule has 2 rings (SSSR count). The topological polar surface area (TPSA) is 62.5 Å². The molecule has 1 aliphatic carbocycles. The number of rotatable bonds is 5. The van der Waals surface area contributed by atoms with Gasteiger partial charge in [-0.2, -0.15) is 0 Å². The normalized spacial score (nSPS) is 16.1. The number of carbonyl (C=O) groups excluding carboxylic acids is 1. The summed E-state index contributed by atoms with van der Waals surface area (Å²) in [5, 5.41) is 8.89. The monoisotopic (exact) mass is 278 g/mol. The lowest BCUT2D eigenvalue weighted by Crippen LogP contribution is -2.42. The molecule has 0 aliphatic heterocycles. The Bertz CT molecular complexity index is 475. The minimum Gasteiger partial charge on any atom is -0.480 e. The molecule has 0 atom stereocenters. The fraction of sp³-hybridized carbons (Fsp3) is 0.600. The predicted molar refractivity (Wildman–Crippen MR) is 75.7 cm³/mol. The summed E-state index contributed by atoms with van der Waals surface area (Å²) in [4.78, 5) is 25.4. The van der Waals surface area contributed by atoms with Crippen LogP contribution in [0.5, 0.6) is 0 Å². The van der Waals surface area contributed by atoms with E-state index < -0.39 is 5.97 Å². The van der Waals surface area contributed by atoms with Crippen molar-refractivity contribution >= 4 is 11.9 Å². The summed E-state index contributed by atoms with van der Waals surface area (Å²) >= 11 is 0. The van der Waals surface area contributed by atoms with Crippen molar-refractivity contribution in [2.24, 2.45) is 0 Å². The lowest BCUT2D eigenvalue weighted by Gasteiger charge is -2.33. The van der Waals surface area contributed by atoms with Crippen LogP contribution >= 0.6 is 0 Å². The van der Waals surface area contributed by atoms with Gasteiger partial charge in [0.25, 0.3) is 5.91 Å². The van der Waals surface area contributed by atoms with E-state index in [1.54, 1.807) is 18.3 Å². The summed E-state index contributed by atoms with van der Waals surface area (Å²) in [6, 6.07) is 3.73. The van der Waals surface area contributed by atoms with Gasteiger partial charge in [0, 0.05) is 18.8 Å². The molecule has 1 heterocycles. The quantitative estimate of drug-likeness (QED) is 0.899. The molecule has 1 aromatic heterocycles. The highest BCUT2D eigenvalue weighted by Gasteiger charge is 2.26. The van der Waals surface area contributed by atoms with E-state index in [2.05, 4.69) is 0 Å². The Labute approximate surface area is 119 Å². The van der Waals surface area contributed by atoms with E-state index in [-0.39, 0.29) is 12.5 Å². The number of hydrogen-bond donors (Lipinski definition) is 1. The van der Waals surface area contributed by atoms with Crippen LogP contribution in [0.25, 0.3) is 0 Å². The molecule has 0 saturated heterocycles. The number of aliphatic carboxylic acids is 1. The molecule has 1 aliphatic rings. The van der Waals surface area contributed by atoms with E-state index in [4.69, 9.17) is 5.11 Å². The number of carboxylic acid groups (broad SMARTS) is 1. The molecule has 110 valence electrons. The zero-order valence-corrected chi connectivity index (χ0v) is 11.9. The van der Waals surface area contributed by atoms with Gasteiger partial charge in [-0.05, 0) is 31.9 Å². The van der Waals surface area contributed by atoms with Gasteiger partial charge in [0.1, 0.15) is 12.2 Å². The largest absolute Gasteiger partial charge is 0.480 e. The van der Waals surface area contributed by atoms with E-state index in [0.717, 1.165) is 12.8 Å². The molecular formula is C15H22N2O3. The average molecular weight is 278 g/mol. The molecule has 0 aromatic carbocycles. The minimum absolute atomic E-state index is 0.0503. The Morgan fingerprint density at radius 2 is 2.05 bits per heavy atom. The molecule has 20 heavy (non-hydrogen) atoms. The lowest BCUT2D eigenvalue weighted by atomic mass is 9.94. The molecule has 5 heteroatoms. The third-order valence-electron chi connectivity index (χ3n) is 3.97. The van der Waals surface area contributed by atoms with Gasteiger partial charge in [0.05, 0.1) is 0 Å². The molecule has 0 bridgehead atoms. The highest BCUT2D eigenvalue weighted by atomic mass is 16.4. The van der Waals surface area contributed by atoms with Gasteiger partial charge >= 0.3 is 5.97 Å². The van der Waals surface area contributed by atoms with E-state index >= 15 is 0 Å². The molecular weight excluding hydrogens is 256 g/mol. The average Bonchev–Trinajstić information content (AvgIpc) is 2.88. The summed E-state index contributed by atoms with van der Waals surface area (Å²) in [6.45, 7) is 2.48. The summed E-state index contributed by atoms with van der Waals surface area (Å²) in [7, 11) is 0. The smallest absolute Gasteiger partial charge is 0.323 e. The highest BCUT2D eigenvalue weighted by Crippen LogP contribution is 2.24. The fourth-order valence-corrected chi connectivity index (χ4v) is 3.00. The third-order valence-corrected chi connectivity index (χ3v) is 3.97. The van der Waals surface area contributed by atoms with Crippen LogP contribution in [0.2, 0.25) is 0 Å². The maximum atomic E-state index is 12.7. The van der Waals surface area contributed by atoms with Crippen LogP contribution in [-0.2, 0) is 11.3 Å².